The van der Waals surface area contributed by atoms with Crippen molar-refractivity contribution in [3.8, 4) is 0 Å². The van der Waals surface area contributed by atoms with Crippen LogP contribution in [0.25, 0.3) is 0 Å². The quantitative estimate of drug-likeness (QED) is 0.666. The molecule has 0 aliphatic rings. The Hall–Kier alpha value is -0.970. The van der Waals surface area contributed by atoms with E-state index in [-0.39, 0.29) is 19.3 Å². The summed E-state index contributed by atoms with van der Waals surface area (Å²) in [5.74, 6) is 0. The van der Waals surface area contributed by atoms with Crippen molar-refractivity contribution in [3.05, 3.63) is 30.1 Å². The number of nitrogens with zero attached hydrogens (tertiary/aromatic N) is 1. The van der Waals surface area contributed by atoms with Crippen molar-refractivity contribution in [2.24, 2.45) is 5.41 Å². The Morgan fingerprint density at radius 2 is 2.12 bits per heavy atom. The van der Waals surface area contributed by atoms with Crippen molar-refractivity contribution in [2.75, 3.05) is 19.8 Å². The molecule has 0 radical (unpaired) electrons. The summed E-state index contributed by atoms with van der Waals surface area (Å²) in [4.78, 5) is 4.05. The van der Waals surface area contributed by atoms with Gasteiger partial charge in [-0.3, -0.25) is 4.98 Å². The van der Waals surface area contributed by atoms with Gasteiger partial charge in [0.1, 0.15) is 0 Å². The third-order valence-electron chi connectivity index (χ3n) is 2.78. The highest BCUT2D eigenvalue weighted by molar-refractivity contribution is 5.12. The van der Waals surface area contributed by atoms with Crippen LogP contribution in [0.4, 0.5) is 0 Å². The van der Waals surface area contributed by atoms with E-state index in [0.717, 1.165) is 5.56 Å². The highest BCUT2D eigenvalue weighted by Crippen LogP contribution is 2.16. The molecule has 90 valence electrons. The van der Waals surface area contributed by atoms with Crippen LogP contribution in [0.3, 0.4) is 0 Å². The summed E-state index contributed by atoms with van der Waals surface area (Å²) < 4.78 is 0. The van der Waals surface area contributed by atoms with Crippen LogP contribution in [-0.2, 0) is 0 Å². The lowest BCUT2D eigenvalue weighted by Gasteiger charge is -2.27. The third-order valence-corrected chi connectivity index (χ3v) is 2.78. The summed E-state index contributed by atoms with van der Waals surface area (Å²) >= 11 is 0. The number of hydrogen-bond acceptors (Lipinski definition) is 4. The van der Waals surface area contributed by atoms with Crippen molar-refractivity contribution in [3.63, 3.8) is 0 Å². The molecule has 0 spiro atoms. The maximum absolute atomic E-state index is 9.16. The molecule has 1 aromatic heterocycles. The minimum absolute atomic E-state index is 0.0315. The molecule has 1 aromatic rings. The van der Waals surface area contributed by atoms with Gasteiger partial charge in [0.25, 0.3) is 0 Å². The lowest BCUT2D eigenvalue weighted by atomic mass is 9.92. The highest BCUT2D eigenvalue weighted by Gasteiger charge is 2.22. The molecule has 3 N–H and O–H groups in total. The summed E-state index contributed by atoms with van der Waals surface area (Å²) in [6.45, 7) is 4.38. The van der Waals surface area contributed by atoms with Crippen molar-refractivity contribution in [2.45, 2.75) is 19.9 Å². The Balaban J connectivity index is 2.50. The number of nitrogens with one attached hydrogen (secondary N) is 1. The fourth-order valence-corrected chi connectivity index (χ4v) is 1.31. The van der Waals surface area contributed by atoms with Crippen molar-refractivity contribution < 1.29 is 10.2 Å². The molecular formula is C12H20N2O2. The fraction of sp³-hybridized carbons (Fsp3) is 0.583. The topological polar surface area (TPSA) is 65.4 Å². The summed E-state index contributed by atoms with van der Waals surface area (Å²) in [5, 5.41) is 21.6. The van der Waals surface area contributed by atoms with E-state index in [4.69, 9.17) is 10.2 Å². The van der Waals surface area contributed by atoms with E-state index >= 15 is 0 Å². The van der Waals surface area contributed by atoms with Gasteiger partial charge in [0, 0.05) is 30.4 Å². The zero-order chi connectivity index (χ0) is 12.0. The van der Waals surface area contributed by atoms with Gasteiger partial charge in [-0.15, -0.1) is 0 Å². The number of aliphatic hydroxyl groups excluding tert-OH is 2. The Morgan fingerprint density at radius 1 is 1.44 bits per heavy atom. The first-order valence-corrected chi connectivity index (χ1v) is 5.46. The predicted octanol–water partition coefficient (Wildman–Crippen LogP) is 0.723. The second-order valence-corrected chi connectivity index (χ2v) is 4.52. The first kappa shape index (κ1) is 13.1. The molecule has 0 amide bonds. The van der Waals surface area contributed by atoms with Gasteiger partial charge in [-0.2, -0.15) is 0 Å². The molecule has 0 bridgehead atoms. The van der Waals surface area contributed by atoms with Crippen LogP contribution >= 0.6 is 0 Å². The van der Waals surface area contributed by atoms with E-state index in [1.807, 2.05) is 32.2 Å². The molecule has 1 rings (SSSR count). The zero-order valence-corrected chi connectivity index (χ0v) is 9.85. The van der Waals surface area contributed by atoms with Crippen molar-refractivity contribution in [1.82, 2.24) is 10.3 Å². The van der Waals surface area contributed by atoms with Crippen LogP contribution in [0.15, 0.2) is 24.5 Å². The van der Waals surface area contributed by atoms with E-state index in [2.05, 4.69) is 10.3 Å². The zero-order valence-electron chi connectivity index (χ0n) is 9.85. The fourth-order valence-electron chi connectivity index (χ4n) is 1.31. The molecule has 0 unspecified atom stereocenters. The Morgan fingerprint density at radius 3 is 2.62 bits per heavy atom. The average Bonchev–Trinajstić information content (AvgIpc) is 2.36. The first-order chi connectivity index (χ1) is 7.61. The van der Waals surface area contributed by atoms with E-state index < -0.39 is 5.41 Å². The summed E-state index contributed by atoms with van der Waals surface area (Å²) in [6, 6.07) is 4.05. The van der Waals surface area contributed by atoms with E-state index in [0.29, 0.717) is 6.54 Å². The van der Waals surface area contributed by atoms with Crippen LogP contribution in [0.2, 0.25) is 0 Å². The lowest BCUT2D eigenvalue weighted by Crippen LogP contribution is -2.38. The molecule has 0 aliphatic heterocycles. The molecule has 0 aromatic carbocycles. The summed E-state index contributed by atoms with van der Waals surface area (Å²) in [5.41, 5.74) is 0.622. The van der Waals surface area contributed by atoms with Gasteiger partial charge in [0.2, 0.25) is 0 Å². The molecule has 4 heteroatoms. The minimum Gasteiger partial charge on any atom is -0.396 e. The molecule has 0 saturated carbocycles. The van der Waals surface area contributed by atoms with Crippen LogP contribution in [0, 0.1) is 5.41 Å². The highest BCUT2D eigenvalue weighted by atomic mass is 16.3. The van der Waals surface area contributed by atoms with Gasteiger partial charge < -0.3 is 15.5 Å². The third kappa shape index (κ3) is 3.56. The minimum atomic E-state index is -0.476. The average molecular weight is 224 g/mol. The first-order valence-electron chi connectivity index (χ1n) is 5.46. The van der Waals surface area contributed by atoms with Crippen LogP contribution < -0.4 is 5.32 Å². The molecule has 1 atom stereocenters. The number of rotatable bonds is 6. The van der Waals surface area contributed by atoms with Gasteiger partial charge in [-0.25, -0.2) is 0 Å². The number of aromatic nitrogens is 1. The molecule has 16 heavy (non-hydrogen) atoms. The maximum atomic E-state index is 9.16. The monoisotopic (exact) mass is 224 g/mol. The van der Waals surface area contributed by atoms with Gasteiger partial charge in [0.05, 0.1) is 13.2 Å². The largest absolute Gasteiger partial charge is 0.396 e. The maximum Gasteiger partial charge on any atom is 0.0519 e. The summed E-state index contributed by atoms with van der Waals surface area (Å²) in [6.07, 6.45) is 3.55. The standard InChI is InChI=1S/C12H20N2O2/c1-10(11-4-3-5-13-6-11)14-7-12(2,8-15)9-16/h3-6,10,14-16H,7-9H2,1-2H3/t10-/m0/s1. The van der Waals surface area contributed by atoms with Gasteiger partial charge in [-0.1, -0.05) is 13.0 Å². The number of pyridine rings is 1. The number of aliphatic hydroxyl groups is 2. The van der Waals surface area contributed by atoms with Crippen LogP contribution in [-0.4, -0.2) is 35.0 Å². The second-order valence-electron chi connectivity index (χ2n) is 4.52. The Labute approximate surface area is 96.3 Å². The Kier molecular flexibility index (Phi) is 4.86. The molecule has 0 fully saturated rings. The van der Waals surface area contributed by atoms with Gasteiger partial charge in [-0.05, 0) is 18.6 Å². The molecular weight excluding hydrogens is 204 g/mol. The van der Waals surface area contributed by atoms with Crippen molar-refractivity contribution in [1.29, 1.82) is 0 Å². The SMILES string of the molecule is C[C@H](NCC(C)(CO)CO)c1cccnc1. The van der Waals surface area contributed by atoms with E-state index in [9.17, 15) is 0 Å². The van der Waals surface area contributed by atoms with Gasteiger partial charge >= 0.3 is 0 Å². The van der Waals surface area contributed by atoms with Crippen molar-refractivity contribution >= 4 is 0 Å². The smallest absolute Gasteiger partial charge is 0.0519 e. The predicted molar refractivity (Wildman–Crippen MR) is 62.9 cm³/mol. The molecule has 1 heterocycles. The van der Waals surface area contributed by atoms with E-state index in [1.54, 1.807) is 6.20 Å². The number of hydrogen-bond donors (Lipinski definition) is 3. The van der Waals surface area contributed by atoms with Crippen LogP contribution in [0.1, 0.15) is 25.5 Å². The Bertz CT molecular complexity index is 299. The van der Waals surface area contributed by atoms with Gasteiger partial charge in [0.15, 0.2) is 0 Å². The normalized spacial score (nSPS) is 13.8. The molecule has 0 saturated heterocycles. The molecule has 4 nitrogen and oxygen atoms in total. The van der Waals surface area contributed by atoms with Crippen LogP contribution in [0.5, 0.6) is 0 Å². The summed E-state index contributed by atoms with van der Waals surface area (Å²) in [7, 11) is 0. The van der Waals surface area contributed by atoms with E-state index in [1.165, 1.54) is 0 Å². The lowest BCUT2D eigenvalue weighted by molar-refractivity contribution is 0.0677. The second kappa shape index (κ2) is 5.94. The molecule has 0 aliphatic carbocycles.